The van der Waals surface area contributed by atoms with Crippen LogP contribution < -0.4 is 30.9 Å². The van der Waals surface area contributed by atoms with Gasteiger partial charge in [-0.05, 0) is 52.7 Å². The zero-order chi connectivity index (χ0) is 44.5. The number of rotatable bonds is 20. The molecule has 0 atom stereocenters. The third-order valence-electron chi connectivity index (χ3n) is 11.3. The van der Waals surface area contributed by atoms with Crippen molar-refractivity contribution in [2.75, 3.05) is 85.6 Å². The molecule has 0 bridgehead atoms. The Hall–Kier alpha value is -6.65. The van der Waals surface area contributed by atoms with E-state index in [0.717, 1.165) is 85.4 Å². The molecule has 0 amide bonds. The number of hydrogen-bond acceptors (Lipinski definition) is 20. The molecule has 10 rings (SSSR count). The molecular weight excluding hydrogens is 849 g/mol. The summed E-state index contributed by atoms with van der Waals surface area (Å²) in [6.07, 6.45) is 6.64. The van der Waals surface area contributed by atoms with Gasteiger partial charge in [0.15, 0.2) is 23.2 Å². The van der Waals surface area contributed by atoms with Crippen LogP contribution in [0.25, 0.3) is 10.7 Å². The number of aryl methyl sites for hydroxylation is 1. The summed E-state index contributed by atoms with van der Waals surface area (Å²) in [7, 11) is 2.14. The van der Waals surface area contributed by atoms with Crippen LogP contribution in [0.3, 0.4) is 0 Å². The van der Waals surface area contributed by atoms with Crippen LogP contribution in [0, 0.1) is 6.92 Å². The van der Waals surface area contributed by atoms with E-state index in [1.165, 1.54) is 42.7 Å². The van der Waals surface area contributed by atoms with Crippen molar-refractivity contribution in [2.45, 2.75) is 71.4 Å². The number of likely N-dealkylation sites (N-methyl/N-ethyl adjacent to an activating group) is 2. The van der Waals surface area contributed by atoms with Gasteiger partial charge in [-0.3, -0.25) is 10.2 Å². The van der Waals surface area contributed by atoms with Crippen molar-refractivity contribution in [3.05, 3.63) is 76.6 Å². The van der Waals surface area contributed by atoms with E-state index in [9.17, 15) is 0 Å². The minimum Gasteiger partial charge on any atom is -0.476 e. The molecule has 342 valence electrons. The molecule has 0 spiro atoms. The SMILES string of the molecule is CCN(CC)CCOc1cc(Nc2cc(C3CC3)[nH]n2)nc(NCc2cc(C)no2)n1.CN1CCN(c2cc(Nc3cc(C4CC4)[nH]n3)nc(NCc3cc(-c4nccs4)no3)n2)CC1. The molecule has 65 heavy (non-hydrogen) atoms. The molecule has 3 fully saturated rings. The minimum absolute atomic E-state index is 0.415. The summed E-state index contributed by atoms with van der Waals surface area (Å²) in [5.74, 6) is 7.76. The number of ether oxygens (including phenoxy) is 1. The van der Waals surface area contributed by atoms with Crippen LogP contribution >= 0.6 is 11.3 Å². The molecule has 0 radical (unpaired) electrons. The number of nitrogens with one attached hydrogen (secondary N) is 6. The zero-order valence-corrected chi connectivity index (χ0v) is 38.0. The molecule has 7 aromatic heterocycles. The number of hydrogen-bond donors (Lipinski definition) is 6. The maximum absolute atomic E-state index is 5.93. The zero-order valence-electron chi connectivity index (χ0n) is 37.2. The van der Waals surface area contributed by atoms with Crippen LogP contribution in [0.15, 0.2) is 57.0 Å². The van der Waals surface area contributed by atoms with Crippen LogP contribution in [0.2, 0.25) is 0 Å². The second-order valence-corrected chi connectivity index (χ2v) is 17.3. The maximum Gasteiger partial charge on any atom is 0.228 e. The average molecular weight is 905 g/mol. The van der Waals surface area contributed by atoms with E-state index in [4.69, 9.17) is 18.8 Å². The highest BCUT2D eigenvalue weighted by Gasteiger charge is 2.27. The van der Waals surface area contributed by atoms with Crippen molar-refractivity contribution in [1.29, 1.82) is 0 Å². The minimum atomic E-state index is 0.415. The fourth-order valence-electron chi connectivity index (χ4n) is 7.19. The van der Waals surface area contributed by atoms with Gasteiger partial charge in [0, 0.05) is 104 Å². The van der Waals surface area contributed by atoms with E-state index >= 15 is 0 Å². The van der Waals surface area contributed by atoms with Crippen LogP contribution in [-0.4, -0.2) is 125 Å². The molecular formula is C43H56N18O3S. The predicted molar refractivity (Wildman–Crippen MR) is 248 cm³/mol. The summed E-state index contributed by atoms with van der Waals surface area (Å²) in [5, 5.41) is 38.8. The molecule has 2 aliphatic carbocycles. The Bertz CT molecular complexity index is 2570. The molecule has 21 nitrogen and oxygen atoms in total. The monoisotopic (exact) mass is 904 g/mol. The summed E-state index contributed by atoms with van der Waals surface area (Å²) in [6, 6.07) is 11.6. The Balaban J connectivity index is 0.000000165. The fourth-order valence-corrected chi connectivity index (χ4v) is 7.78. The first-order chi connectivity index (χ1) is 31.8. The van der Waals surface area contributed by atoms with E-state index in [1.54, 1.807) is 12.3 Å². The molecule has 0 unspecified atom stereocenters. The van der Waals surface area contributed by atoms with Gasteiger partial charge in [-0.15, -0.1) is 11.3 Å². The highest BCUT2D eigenvalue weighted by molar-refractivity contribution is 7.13. The molecule has 2 saturated carbocycles. The highest BCUT2D eigenvalue weighted by Crippen LogP contribution is 2.40. The number of piperazine rings is 1. The van der Waals surface area contributed by atoms with Crippen molar-refractivity contribution in [3.8, 4) is 16.6 Å². The molecule has 3 aliphatic rings. The second kappa shape index (κ2) is 20.5. The first-order valence-electron chi connectivity index (χ1n) is 22.3. The van der Waals surface area contributed by atoms with E-state index < -0.39 is 0 Å². The summed E-state index contributed by atoms with van der Waals surface area (Å²) in [5.41, 5.74) is 3.90. The van der Waals surface area contributed by atoms with E-state index in [1.807, 2.05) is 36.6 Å². The average Bonchev–Trinajstić information content (AvgIpc) is 3.92. The van der Waals surface area contributed by atoms with Crippen molar-refractivity contribution >= 4 is 52.3 Å². The lowest BCUT2D eigenvalue weighted by molar-refractivity contribution is 0.218. The number of anilines is 7. The number of thiazole rings is 1. The summed E-state index contributed by atoms with van der Waals surface area (Å²) in [6.45, 7) is 14.2. The van der Waals surface area contributed by atoms with Gasteiger partial charge >= 0.3 is 0 Å². The van der Waals surface area contributed by atoms with E-state index in [2.05, 4.69) is 114 Å². The van der Waals surface area contributed by atoms with Gasteiger partial charge in [-0.1, -0.05) is 24.2 Å². The standard InChI is InChI=1S/C22H26N10OS.C21H30N8O2/c1-31-5-7-32(8-6-31)20-12-18(25-19-11-16(28-29-19)14-2-3-14)26-22(27-20)24-13-15-10-17(30-33-15)21-23-4-9-34-21;1-4-29(5-2)8-9-30-20-12-18(23-19-11-17(26-27-19)15-6-7-15)24-21(25-20)22-13-16-10-14(3)28-31-16/h4,9-12,14H,2-3,5-8,13H2,1H3,(H3,24,25,26,27,28,29);10-12,15H,4-9,13H2,1-3H3,(H3,22,23,24,25,26,27). The highest BCUT2D eigenvalue weighted by atomic mass is 32.1. The lowest BCUT2D eigenvalue weighted by Gasteiger charge is -2.33. The van der Waals surface area contributed by atoms with Gasteiger partial charge in [-0.2, -0.15) is 30.1 Å². The van der Waals surface area contributed by atoms with Crippen LogP contribution in [-0.2, 0) is 13.1 Å². The molecule has 0 aromatic carbocycles. The third-order valence-corrected chi connectivity index (χ3v) is 12.1. The Morgan fingerprint density at radius 1 is 0.754 bits per heavy atom. The number of aromatic amines is 2. The van der Waals surface area contributed by atoms with Crippen LogP contribution in [0.1, 0.15) is 80.0 Å². The first kappa shape index (κ1) is 43.6. The van der Waals surface area contributed by atoms with Gasteiger partial charge in [0.1, 0.15) is 34.8 Å². The summed E-state index contributed by atoms with van der Waals surface area (Å²) < 4.78 is 16.7. The first-order valence-corrected chi connectivity index (χ1v) is 23.2. The Morgan fingerprint density at radius 3 is 1.98 bits per heavy atom. The molecule has 8 heterocycles. The van der Waals surface area contributed by atoms with Crippen molar-refractivity contribution in [1.82, 2.24) is 65.4 Å². The van der Waals surface area contributed by atoms with Crippen molar-refractivity contribution in [3.63, 3.8) is 0 Å². The van der Waals surface area contributed by atoms with E-state index in [0.29, 0.717) is 72.5 Å². The molecule has 6 N–H and O–H groups in total. The third kappa shape index (κ3) is 12.1. The maximum atomic E-state index is 5.93. The topological polar surface area (TPSA) is 241 Å². The number of aromatic nitrogens is 11. The summed E-state index contributed by atoms with van der Waals surface area (Å²) >= 11 is 1.53. The van der Waals surface area contributed by atoms with E-state index in [-0.39, 0.29) is 0 Å². The second-order valence-electron chi connectivity index (χ2n) is 16.4. The fraction of sp³-hybridized carbons (Fsp3) is 0.465. The molecule has 7 aromatic rings. The molecule has 1 aliphatic heterocycles. The lowest BCUT2D eigenvalue weighted by atomic mass is 10.3. The Labute approximate surface area is 380 Å². The Morgan fingerprint density at radius 2 is 1.38 bits per heavy atom. The smallest absolute Gasteiger partial charge is 0.228 e. The predicted octanol–water partition coefficient (Wildman–Crippen LogP) is 6.75. The van der Waals surface area contributed by atoms with Crippen LogP contribution in [0.5, 0.6) is 5.88 Å². The van der Waals surface area contributed by atoms with Crippen molar-refractivity contribution in [2.24, 2.45) is 0 Å². The van der Waals surface area contributed by atoms with Gasteiger partial charge in [0.2, 0.25) is 17.8 Å². The number of nitrogens with zero attached hydrogens (tertiary/aromatic N) is 12. The number of H-pyrrole nitrogens is 2. The van der Waals surface area contributed by atoms with Gasteiger partial charge in [0.25, 0.3) is 0 Å². The molecule has 22 heteroatoms. The van der Waals surface area contributed by atoms with Gasteiger partial charge in [-0.25, -0.2) is 4.98 Å². The lowest BCUT2D eigenvalue weighted by Crippen LogP contribution is -2.44. The Kier molecular flexibility index (Phi) is 13.7. The van der Waals surface area contributed by atoms with Crippen LogP contribution in [0.4, 0.5) is 41.0 Å². The molecule has 1 saturated heterocycles. The van der Waals surface area contributed by atoms with Crippen molar-refractivity contribution < 1.29 is 13.8 Å². The van der Waals surface area contributed by atoms with Gasteiger partial charge < -0.3 is 49.7 Å². The summed E-state index contributed by atoms with van der Waals surface area (Å²) in [4.78, 5) is 29.7. The normalized spacial score (nSPS) is 15.2. The van der Waals surface area contributed by atoms with Gasteiger partial charge in [0.05, 0.1) is 18.8 Å². The quantitative estimate of drug-likeness (QED) is 0.0464. The largest absolute Gasteiger partial charge is 0.476 e.